The molecule has 3 rings (SSSR count). The fraction of sp³-hybridized carbons (Fsp3) is 0. The summed E-state index contributed by atoms with van der Waals surface area (Å²) in [6, 6.07) is 12.5. The van der Waals surface area contributed by atoms with E-state index in [1.54, 1.807) is 0 Å². The van der Waals surface area contributed by atoms with Gasteiger partial charge >= 0.3 is 11.9 Å². The van der Waals surface area contributed by atoms with E-state index >= 15 is 0 Å². The molecule has 20 heavy (non-hydrogen) atoms. The number of terminal acetylenes is 1. The molecule has 0 atom stereocenters. The lowest BCUT2D eigenvalue weighted by Crippen LogP contribution is -2.10. The first-order valence-electron chi connectivity index (χ1n) is 5.71. The van der Waals surface area contributed by atoms with Gasteiger partial charge in [0.1, 0.15) is 0 Å². The number of hydrogen-bond acceptors (Lipinski definition) is 2. The van der Waals surface area contributed by atoms with Crippen LogP contribution in [0.3, 0.4) is 0 Å². The van der Waals surface area contributed by atoms with E-state index in [4.69, 9.17) is 16.6 Å². The number of aromatic carboxylic acids is 2. The Hall–Kier alpha value is -3.06. The molecule has 0 spiro atoms. The molecule has 0 radical (unpaired) electrons. The van der Waals surface area contributed by atoms with E-state index in [0.29, 0.717) is 0 Å². The lowest BCUT2D eigenvalue weighted by atomic mass is 10.0. The Balaban J connectivity index is 0.000000198. The van der Waals surface area contributed by atoms with Crippen molar-refractivity contribution in [2.75, 3.05) is 0 Å². The lowest BCUT2D eigenvalue weighted by Gasteiger charge is -2.02. The van der Waals surface area contributed by atoms with E-state index in [1.807, 2.05) is 0 Å². The Labute approximate surface area is 115 Å². The van der Waals surface area contributed by atoms with Crippen molar-refractivity contribution >= 4 is 11.9 Å². The Bertz CT molecular complexity index is 721. The van der Waals surface area contributed by atoms with Gasteiger partial charge in [-0.2, -0.15) is 0 Å². The molecule has 4 nitrogen and oxygen atoms in total. The van der Waals surface area contributed by atoms with Crippen molar-refractivity contribution in [3.05, 3.63) is 59.2 Å². The van der Waals surface area contributed by atoms with Crippen LogP contribution in [0.1, 0.15) is 26.3 Å². The molecule has 98 valence electrons. The Morgan fingerprint density at radius 2 is 1.55 bits per heavy atom. The monoisotopic (exact) mass is 266 g/mol. The highest BCUT2D eigenvalue weighted by Gasteiger charge is 2.18. The standard InChI is InChI=1S/C10H6O4.C6H4/c1-2-6-4-3-5-7(9(11)12)8(6)10(13)14;1-2-5-4-6(5)3-1/h1,3-5H,(H,11,12)(H,13,14);1-4H. The van der Waals surface area contributed by atoms with Crippen molar-refractivity contribution < 1.29 is 19.8 Å². The molecule has 2 aliphatic rings. The van der Waals surface area contributed by atoms with E-state index in [1.165, 1.54) is 29.3 Å². The van der Waals surface area contributed by atoms with Gasteiger partial charge < -0.3 is 10.2 Å². The first-order chi connectivity index (χ1) is 9.54. The van der Waals surface area contributed by atoms with E-state index in [0.717, 1.165) is 0 Å². The van der Waals surface area contributed by atoms with Crippen LogP contribution >= 0.6 is 0 Å². The molecule has 0 heterocycles. The molecular formula is C16H10O4. The van der Waals surface area contributed by atoms with Gasteiger partial charge in [-0.05, 0) is 29.3 Å². The highest BCUT2D eigenvalue weighted by atomic mass is 16.4. The van der Waals surface area contributed by atoms with Gasteiger partial charge in [0.15, 0.2) is 0 Å². The summed E-state index contributed by atoms with van der Waals surface area (Å²) < 4.78 is 0. The van der Waals surface area contributed by atoms with Crippen molar-refractivity contribution in [3.63, 3.8) is 0 Å². The van der Waals surface area contributed by atoms with Crippen molar-refractivity contribution in [3.8, 4) is 23.5 Å². The number of carbonyl (C=O) groups is 2. The van der Waals surface area contributed by atoms with E-state index in [9.17, 15) is 9.59 Å². The van der Waals surface area contributed by atoms with Crippen LogP contribution in [0.5, 0.6) is 0 Å². The van der Waals surface area contributed by atoms with Gasteiger partial charge in [-0.3, -0.25) is 0 Å². The minimum Gasteiger partial charge on any atom is -0.478 e. The third-order valence-corrected chi connectivity index (χ3v) is 2.78. The zero-order valence-electron chi connectivity index (χ0n) is 10.3. The number of carboxylic acids is 2. The maximum Gasteiger partial charge on any atom is 0.337 e. The van der Waals surface area contributed by atoms with Crippen molar-refractivity contribution in [2.45, 2.75) is 0 Å². The molecule has 0 saturated carbocycles. The van der Waals surface area contributed by atoms with Gasteiger partial charge in [-0.25, -0.2) is 9.59 Å². The van der Waals surface area contributed by atoms with Crippen molar-refractivity contribution in [1.82, 2.24) is 0 Å². The second-order valence-electron chi connectivity index (χ2n) is 4.06. The number of carboxylic acid groups (broad SMARTS) is 2. The van der Waals surface area contributed by atoms with E-state index in [2.05, 4.69) is 30.2 Å². The fourth-order valence-electron chi connectivity index (χ4n) is 1.76. The third kappa shape index (κ3) is 2.68. The number of fused-ring (bicyclic) bond motifs is 1. The summed E-state index contributed by atoms with van der Waals surface area (Å²) in [7, 11) is 0. The molecule has 0 saturated heterocycles. The molecular weight excluding hydrogens is 256 g/mol. The van der Waals surface area contributed by atoms with Gasteiger partial charge in [-0.1, -0.05) is 30.2 Å². The van der Waals surface area contributed by atoms with E-state index in [-0.39, 0.29) is 16.7 Å². The number of hydrogen-bond donors (Lipinski definition) is 2. The summed E-state index contributed by atoms with van der Waals surface area (Å²) in [4.78, 5) is 21.4. The highest BCUT2D eigenvalue weighted by molar-refractivity contribution is 6.03. The Morgan fingerprint density at radius 3 is 1.90 bits per heavy atom. The smallest absolute Gasteiger partial charge is 0.337 e. The van der Waals surface area contributed by atoms with Gasteiger partial charge in [0, 0.05) is 5.56 Å². The minimum atomic E-state index is -1.34. The highest BCUT2D eigenvalue weighted by Crippen LogP contribution is 2.32. The Morgan fingerprint density at radius 1 is 0.950 bits per heavy atom. The van der Waals surface area contributed by atoms with Crippen LogP contribution in [0, 0.1) is 12.3 Å². The Kier molecular flexibility index (Phi) is 3.54. The number of benzene rings is 2. The summed E-state index contributed by atoms with van der Waals surface area (Å²) in [5.41, 5.74) is 2.28. The van der Waals surface area contributed by atoms with Gasteiger partial charge in [0.25, 0.3) is 0 Å². The third-order valence-electron chi connectivity index (χ3n) is 2.78. The first-order valence-corrected chi connectivity index (χ1v) is 5.71. The van der Waals surface area contributed by atoms with E-state index < -0.39 is 11.9 Å². The topological polar surface area (TPSA) is 74.6 Å². The van der Waals surface area contributed by atoms with Gasteiger partial charge in [0.2, 0.25) is 0 Å². The molecule has 0 aromatic heterocycles. The van der Waals surface area contributed by atoms with Gasteiger partial charge in [-0.15, -0.1) is 6.42 Å². The predicted octanol–water partition coefficient (Wildman–Crippen LogP) is 2.73. The summed E-state index contributed by atoms with van der Waals surface area (Å²) in [6.45, 7) is 0. The molecule has 2 aliphatic carbocycles. The molecule has 0 amide bonds. The lowest BCUT2D eigenvalue weighted by molar-refractivity contribution is 0.0651. The van der Waals surface area contributed by atoms with Crippen LogP contribution in [-0.2, 0) is 0 Å². The van der Waals surface area contributed by atoms with Gasteiger partial charge in [0.05, 0.1) is 11.1 Å². The molecule has 0 bridgehead atoms. The molecule has 1 aromatic rings. The van der Waals surface area contributed by atoms with Crippen LogP contribution < -0.4 is 0 Å². The van der Waals surface area contributed by atoms with Crippen LogP contribution in [0.25, 0.3) is 11.1 Å². The zero-order chi connectivity index (χ0) is 14.7. The average Bonchev–Trinajstić information content (AvgIpc) is 3.04. The van der Waals surface area contributed by atoms with Crippen LogP contribution in [0.2, 0.25) is 0 Å². The molecule has 2 N–H and O–H groups in total. The first kappa shape index (κ1) is 13.4. The quantitative estimate of drug-likeness (QED) is 0.699. The number of rotatable bonds is 2. The molecule has 0 fully saturated rings. The maximum atomic E-state index is 10.7. The second kappa shape index (κ2) is 5.29. The molecule has 4 heteroatoms. The van der Waals surface area contributed by atoms with Crippen LogP contribution in [0.4, 0.5) is 0 Å². The summed E-state index contributed by atoms with van der Waals surface area (Å²) >= 11 is 0. The zero-order valence-corrected chi connectivity index (χ0v) is 10.3. The van der Waals surface area contributed by atoms with Crippen molar-refractivity contribution in [1.29, 1.82) is 0 Å². The minimum absolute atomic E-state index is 0.0670. The van der Waals surface area contributed by atoms with Crippen molar-refractivity contribution in [2.24, 2.45) is 0 Å². The fourth-order valence-corrected chi connectivity index (χ4v) is 1.76. The molecule has 0 aliphatic heterocycles. The normalized spacial score (nSPS) is 9.75. The second-order valence-corrected chi connectivity index (χ2v) is 4.06. The maximum absolute atomic E-state index is 10.7. The summed E-state index contributed by atoms with van der Waals surface area (Å²) in [5.74, 6) is -0.515. The summed E-state index contributed by atoms with van der Waals surface area (Å²) in [6.07, 6.45) is 5.05. The average molecular weight is 266 g/mol. The molecule has 0 unspecified atom stereocenters. The van der Waals surface area contributed by atoms with Crippen LogP contribution in [-0.4, -0.2) is 22.2 Å². The summed E-state index contributed by atoms with van der Waals surface area (Å²) in [5, 5.41) is 17.5. The SMILES string of the molecule is C#Cc1cccc(C(=O)O)c1C(=O)O.c1cc2cc-2c1. The largest absolute Gasteiger partial charge is 0.478 e. The molecule has 1 aromatic carbocycles. The predicted molar refractivity (Wildman–Crippen MR) is 73.7 cm³/mol. The van der Waals surface area contributed by atoms with Crippen LogP contribution in [0.15, 0.2) is 42.5 Å².